The van der Waals surface area contributed by atoms with Crippen molar-refractivity contribution in [3.63, 3.8) is 0 Å². The molecule has 1 aromatic carbocycles. The molecule has 3 aliphatic heterocycles. The van der Waals surface area contributed by atoms with Crippen LogP contribution < -0.4 is 9.47 Å². The van der Waals surface area contributed by atoms with Crippen LogP contribution in [0.2, 0.25) is 0 Å². The SMILES string of the molecule is COc1cc2c(cc1OC)[C@]13CCN(C2)[C@H]1CC(C)(O)OC3. The minimum atomic E-state index is -1.02. The molecule has 2 bridgehead atoms. The molecule has 5 heteroatoms. The van der Waals surface area contributed by atoms with Gasteiger partial charge >= 0.3 is 0 Å². The molecule has 3 aliphatic rings. The minimum Gasteiger partial charge on any atom is -0.493 e. The molecule has 4 rings (SSSR count). The first-order valence-corrected chi connectivity index (χ1v) is 7.85. The van der Waals surface area contributed by atoms with E-state index in [0.29, 0.717) is 19.1 Å². The predicted molar refractivity (Wildman–Crippen MR) is 81.2 cm³/mol. The summed E-state index contributed by atoms with van der Waals surface area (Å²) >= 11 is 0. The quantitative estimate of drug-likeness (QED) is 0.900. The lowest BCUT2D eigenvalue weighted by atomic mass is 9.68. The maximum absolute atomic E-state index is 10.3. The maximum atomic E-state index is 10.3. The highest BCUT2D eigenvalue weighted by atomic mass is 16.6. The van der Waals surface area contributed by atoms with Gasteiger partial charge in [-0.25, -0.2) is 0 Å². The highest BCUT2D eigenvalue weighted by Gasteiger charge is 2.57. The molecule has 5 nitrogen and oxygen atoms in total. The fraction of sp³-hybridized carbons (Fsp3) is 0.647. The van der Waals surface area contributed by atoms with Crippen molar-refractivity contribution in [2.75, 3.05) is 27.4 Å². The van der Waals surface area contributed by atoms with Crippen molar-refractivity contribution >= 4 is 0 Å². The molecule has 2 saturated heterocycles. The molecule has 120 valence electrons. The van der Waals surface area contributed by atoms with Gasteiger partial charge in [0.25, 0.3) is 0 Å². The van der Waals surface area contributed by atoms with Crippen LogP contribution in [-0.2, 0) is 16.7 Å². The molecule has 0 aliphatic carbocycles. The molecule has 1 N–H and O–H groups in total. The summed E-state index contributed by atoms with van der Waals surface area (Å²) in [7, 11) is 3.34. The van der Waals surface area contributed by atoms with Crippen LogP contribution in [0.25, 0.3) is 0 Å². The van der Waals surface area contributed by atoms with Gasteiger partial charge in [-0.3, -0.25) is 4.90 Å². The van der Waals surface area contributed by atoms with Gasteiger partial charge in [-0.1, -0.05) is 0 Å². The summed E-state index contributed by atoms with van der Waals surface area (Å²) in [6.07, 6.45) is 1.72. The lowest BCUT2D eigenvalue weighted by molar-refractivity contribution is -0.240. The van der Waals surface area contributed by atoms with E-state index in [9.17, 15) is 5.11 Å². The summed E-state index contributed by atoms with van der Waals surface area (Å²) in [5, 5.41) is 10.3. The molecule has 22 heavy (non-hydrogen) atoms. The molecule has 0 amide bonds. The van der Waals surface area contributed by atoms with Crippen LogP contribution in [0.5, 0.6) is 11.5 Å². The van der Waals surface area contributed by atoms with Crippen LogP contribution in [0.3, 0.4) is 0 Å². The fourth-order valence-corrected chi connectivity index (χ4v) is 4.53. The average molecular weight is 305 g/mol. The Morgan fingerprint density at radius 1 is 1.27 bits per heavy atom. The molecule has 1 aromatic rings. The van der Waals surface area contributed by atoms with Crippen LogP contribution in [-0.4, -0.2) is 49.2 Å². The molecule has 0 radical (unpaired) electrons. The number of fused-ring (bicyclic) bond motifs is 1. The summed E-state index contributed by atoms with van der Waals surface area (Å²) in [4.78, 5) is 2.48. The van der Waals surface area contributed by atoms with Crippen molar-refractivity contribution in [1.82, 2.24) is 4.90 Å². The van der Waals surface area contributed by atoms with Crippen molar-refractivity contribution in [1.29, 1.82) is 0 Å². The number of benzene rings is 1. The van der Waals surface area contributed by atoms with E-state index in [1.807, 2.05) is 0 Å². The van der Waals surface area contributed by atoms with Crippen LogP contribution >= 0.6 is 0 Å². The molecule has 4 atom stereocenters. The van der Waals surface area contributed by atoms with Gasteiger partial charge in [0.2, 0.25) is 0 Å². The third kappa shape index (κ3) is 1.82. The largest absolute Gasteiger partial charge is 0.493 e. The van der Waals surface area contributed by atoms with Crippen molar-refractivity contribution in [2.24, 2.45) is 0 Å². The molecule has 3 heterocycles. The van der Waals surface area contributed by atoms with Gasteiger partial charge < -0.3 is 19.3 Å². The van der Waals surface area contributed by atoms with Crippen LogP contribution in [0.4, 0.5) is 0 Å². The van der Waals surface area contributed by atoms with Gasteiger partial charge in [-0.15, -0.1) is 0 Å². The van der Waals surface area contributed by atoms with Crippen LogP contribution in [0, 0.1) is 0 Å². The number of hydrogen-bond donors (Lipinski definition) is 1. The first kappa shape index (κ1) is 14.3. The van der Waals surface area contributed by atoms with Gasteiger partial charge in [0.1, 0.15) is 0 Å². The van der Waals surface area contributed by atoms with Gasteiger partial charge in [-0.05, 0) is 43.1 Å². The maximum Gasteiger partial charge on any atom is 0.164 e. The Morgan fingerprint density at radius 2 is 2.00 bits per heavy atom. The second kappa shape index (κ2) is 4.60. The summed E-state index contributed by atoms with van der Waals surface area (Å²) in [5.74, 6) is 0.526. The first-order chi connectivity index (χ1) is 10.5. The molecule has 2 unspecified atom stereocenters. The normalized spacial score (nSPS) is 39.1. The van der Waals surface area contributed by atoms with Crippen molar-refractivity contribution in [2.45, 2.75) is 43.6 Å². The highest BCUT2D eigenvalue weighted by Crippen LogP contribution is 2.53. The Labute approximate surface area is 130 Å². The molecule has 0 spiro atoms. The molecular weight excluding hydrogens is 282 g/mol. The predicted octanol–water partition coefficient (Wildman–Crippen LogP) is 1.66. The first-order valence-electron chi connectivity index (χ1n) is 7.85. The van der Waals surface area contributed by atoms with Crippen molar-refractivity contribution < 1.29 is 19.3 Å². The number of aliphatic hydroxyl groups is 1. The zero-order valence-corrected chi connectivity index (χ0v) is 13.4. The topological polar surface area (TPSA) is 51.2 Å². The second-order valence-electron chi connectivity index (χ2n) is 6.92. The molecule has 0 saturated carbocycles. The third-order valence-corrected chi connectivity index (χ3v) is 5.66. The van der Waals surface area contributed by atoms with Gasteiger partial charge in [-0.2, -0.15) is 0 Å². The number of rotatable bonds is 2. The van der Waals surface area contributed by atoms with Gasteiger partial charge in [0.15, 0.2) is 17.3 Å². The zero-order chi connectivity index (χ0) is 15.5. The summed E-state index contributed by atoms with van der Waals surface area (Å²) < 4.78 is 16.7. The summed E-state index contributed by atoms with van der Waals surface area (Å²) in [6, 6.07) is 4.55. The Hall–Kier alpha value is -1.30. The Bertz CT molecular complexity index is 615. The third-order valence-electron chi connectivity index (χ3n) is 5.66. The van der Waals surface area contributed by atoms with E-state index in [1.165, 1.54) is 11.1 Å². The van der Waals surface area contributed by atoms with E-state index in [-0.39, 0.29) is 5.41 Å². The number of ether oxygens (including phenoxy) is 3. The lowest BCUT2D eigenvalue weighted by Gasteiger charge is -2.50. The monoisotopic (exact) mass is 305 g/mol. The molecular formula is C17H23NO4. The average Bonchev–Trinajstić information content (AvgIpc) is 2.76. The van der Waals surface area contributed by atoms with Gasteiger partial charge in [0, 0.05) is 24.4 Å². The zero-order valence-electron chi connectivity index (χ0n) is 13.4. The minimum absolute atomic E-state index is 0.0324. The fourth-order valence-electron chi connectivity index (χ4n) is 4.53. The Morgan fingerprint density at radius 3 is 2.73 bits per heavy atom. The van der Waals surface area contributed by atoms with Gasteiger partial charge in [0.05, 0.1) is 20.8 Å². The van der Waals surface area contributed by atoms with E-state index in [2.05, 4.69) is 17.0 Å². The number of nitrogens with zero attached hydrogens (tertiary/aromatic N) is 1. The van der Waals surface area contributed by atoms with E-state index in [0.717, 1.165) is 31.0 Å². The van der Waals surface area contributed by atoms with Crippen molar-refractivity contribution in [3.8, 4) is 11.5 Å². The van der Waals surface area contributed by atoms with E-state index in [4.69, 9.17) is 14.2 Å². The van der Waals surface area contributed by atoms with E-state index >= 15 is 0 Å². The molecule has 0 aromatic heterocycles. The Kier molecular flexibility index (Phi) is 2.99. The summed E-state index contributed by atoms with van der Waals surface area (Å²) in [6.45, 7) is 4.27. The van der Waals surface area contributed by atoms with E-state index in [1.54, 1.807) is 21.1 Å². The van der Waals surface area contributed by atoms with E-state index < -0.39 is 5.79 Å². The highest BCUT2D eigenvalue weighted by molar-refractivity contribution is 5.53. The lowest BCUT2D eigenvalue weighted by Crippen LogP contribution is -2.58. The van der Waals surface area contributed by atoms with Crippen LogP contribution in [0.15, 0.2) is 12.1 Å². The summed E-state index contributed by atoms with van der Waals surface area (Å²) in [5.41, 5.74) is 2.56. The molecule has 2 fully saturated rings. The second-order valence-corrected chi connectivity index (χ2v) is 6.92. The Balaban J connectivity index is 1.84. The van der Waals surface area contributed by atoms with Crippen LogP contribution in [0.1, 0.15) is 30.9 Å². The van der Waals surface area contributed by atoms with Crippen molar-refractivity contribution in [3.05, 3.63) is 23.3 Å². The smallest absolute Gasteiger partial charge is 0.164 e. The number of hydrogen-bond acceptors (Lipinski definition) is 5. The number of methoxy groups -OCH3 is 2. The standard InChI is InChI=1S/C17H23NO4/c1-16(19)8-15-17(10-22-16)4-5-18(15)9-11-6-13(20-2)14(21-3)7-12(11)17/h6-7,15,19H,4-5,8-10H2,1-3H3/t15-,16?,17+/m0/s1.